The van der Waals surface area contributed by atoms with Crippen LogP contribution in [0.1, 0.15) is 54.3 Å². The van der Waals surface area contributed by atoms with E-state index in [2.05, 4.69) is 10.6 Å². The van der Waals surface area contributed by atoms with Crippen LogP contribution in [0.2, 0.25) is 0 Å². The van der Waals surface area contributed by atoms with Gasteiger partial charge in [-0.1, -0.05) is 13.8 Å². The van der Waals surface area contributed by atoms with Gasteiger partial charge in [-0.3, -0.25) is 9.59 Å². The molecule has 2 N–H and O–H groups in total. The van der Waals surface area contributed by atoms with Gasteiger partial charge in [0, 0.05) is 17.2 Å². The van der Waals surface area contributed by atoms with Crippen LogP contribution in [-0.4, -0.2) is 32.1 Å². The summed E-state index contributed by atoms with van der Waals surface area (Å²) in [5, 5.41) is 5.80. The fourth-order valence-corrected chi connectivity index (χ4v) is 3.16. The Morgan fingerprint density at radius 2 is 1.52 bits per heavy atom. The molecule has 0 aliphatic heterocycles. The fourth-order valence-electron chi connectivity index (χ4n) is 3.16. The minimum absolute atomic E-state index is 0.106. The van der Waals surface area contributed by atoms with E-state index in [1.54, 1.807) is 18.2 Å². The first-order valence-corrected chi connectivity index (χ1v) is 9.57. The zero-order valence-electron chi connectivity index (χ0n) is 18.1. The number of carbonyl (C=O) groups excluding carboxylic acids is 2. The predicted molar refractivity (Wildman–Crippen MR) is 110 cm³/mol. The summed E-state index contributed by atoms with van der Waals surface area (Å²) >= 11 is 0. The lowest BCUT2D eigenvalue weighted by Gasteiger charge is -2.24. The first-order chi connectivity index (χ1) is 13.7. The molecule has 1 heterocycles. The van der Waals surface area contributed by atoms with Crippen LogP contribution >= 0.6 is 0 Å². The summed E-state index contributed by atoms with van der Waals surface area (Å²) < 4.78 is 16.0. The first kappa shape index (κ1) is 22.3. The lowest BCUT2D eigenvalue weighted by molar-refractivity contribution is -0.124. The van der Waals surface area contributed by atoms with Crippen LogP contribution in [0.25, 0.3) is 0 Å². The average Bonchev–Trinajstić information content (AvgIpc) is 3.03. The summed E-state index contributed by atoms with van der Waals surface area (Å²) in [5.74, 6) is 1.82. The molecule has 2 aromatic rings. The number of methoxy groups -OCH3 is 2. The molecule has 0 fully saturated rings. The van der Waals surface area contributed by atoms with Crippen molar-refractivity contribution in [1.82, 2.24) is 10.6 Å². The molecule has 158 valence electrons. The summed E-state index contributed by atoms with van der Waals surface area (Å²) in [6, 6.07) is 5.86. The van der Waals surface area contributed by atoms with E-state index < -0.39 is 6.04 Å². The Balaban J connectivity index is 2.16. The van der Waals surface area contributed by atoms with Crippen LogP contribution in [0.5, 0.6) is 11.5 Å². The maximum absolute atomic E-state index is 12.9. The van der Waals surface area contributed by atoms with Crippen molar-refractivity contribution < 1.29 is 23.5 Å². The van der Waals surface area contributed by atoms with Gasteiger partial charge in [0.15, 0.2) is 0 Å². The SMILES string of the molecule is COc1cc(OC)cc(C(=O)NC(C(=O)NC(C)c2cc(C)oc2C)C(C)C)c1. The molecule has 1 aromatic carbocycles. The molecule has 2 unspecified atom stereocenters. The van der Waals surface area contributed by atoms with E-state index in [4.69, 9.17) is 13.9 Å². The molecule has 29 heavy (non-hydrogen) atoms. The highest BCUT2D eigenvalue weighted by atomic mass is 16.5. The number of carbonyl (C=O) groups is 2. The van der Waals surface area contributed by atoms with Crippen molar-refractivity contribution in [2.24, 2.45) is 5.92 Å². The van der Waals surface area contributed by atoms with Gasteiger partial charge in [0.05, 0.1) is 20.3 Å². The van der Waals surface area contributed by atoms with E-state index in [1.165, 1.54) is 14.2 Å². The topological polar surface area (TPSA) is 89.8 Å². The molecule has 0 spiro atoms. The van der Waals surface area contributed by atoms with Gasteiger partial charge in [0.1, 0.15) is 29.1 Å². The van der Waals surface area contributed by atoms with Gasteiger partial charge in [-0.25, -0.2) is 0 Å². The predicted octanol–water partition coefficient (Wildman–Crippen LogP) is 3.55. The highest BCUT2D eigenvalue weighted by Gasteiger charge is 2.27. The standard InChI is InChI=1S/C22H30N2O5/c1-12(2)20(22(26)23-14(4)19-8-13(3)29-15(19)5)24-21(25)16-9-17(27-6)11-18(10-16)28-7/h8-12,14,20H,1-7H3,(H,23,26)(H,24,25). The Morgan fingerprint density at radius 3 is 1.97 bits per heavy atom. The number of aryl methyl sites for hydroxylation is 2. The van der Waals surface area contributed by atoms with E-state index >= 15 is 0 Å². The lowest BCUT2D eigenvalue weighted by atomic mass is 10.0. The molecular weight excluding hydrogens is 372 g/mol. The summed E-state index contributed by atoms with van der Waals surface area (Å²) in [6.07, 6.45) is 0. The summed E-state index contributed by atoms with van der Waals surface area (Å²) in [4.78, 5) is 25.7. The van der Waals surface area contributed by atoms with Gasteiger partial charge in [0.25, 0.3) is 5.91 Å². The second-order valence-electron chi connectivity index (χ2n) is 7.40. The summed E-state index contributed by atoms with van der Waals surface area (Å²) in [5.41, 5.74) is 1.27. The largest absolute Gasteiger partial charge is 0.497 e. The number of furan rings is 1. The van der Waals surface area contributed by atoms with Crippen molar-refractivity contribution >= 4 is 11.8 Å². The molecule has 0 saturated carbocycles. The summed E-state index contributed by atoms with van der Waals surface area (Å²) in [7, 11) is 3.03. The van der Waals surface area contributed by atoms with Crippen molar-refractivity contribution in [3.8, 4) is 11.5 Å². The summed E-state index contributed by atoms with van der Waals surface area (Å²) in [6.45, 7) is 9.39. The Labute approximate surface area is 171 Å². The molecule has 0 saturated heterocycles. The number of benzene rings is 1. The van der Waals surface area contributed by atoms with E-state index in [0.29, 0.717) is 17.1 Å². The number of rotatable bonds is 8. The Morgan fingerprint density at radius 1 is 0.931 bits per heavy atom. The van der Waals surface area contributed by atoms with Gasteiger partial charge in [-0.05, 0) is 44.9 Å². The lowest BCUT2D eigenvalue weighted by Crippen LogP contribution is -2.50. The van der Waals surface area contributed by atoms with Crippen LogP contribution in [0.4, 0.5) is 0 Å². The van der Waals surface area contributed by atoms with Gasteiger partial charge in [-0.2, -0.15) is 0 Å². The third-order valence-corrected chi connectivity index (χ3v) is 4.75. The third-order valence-electron chi connectivity index (χ3n) is 4.75. The minimum atomic E-state index is -0.699. The van der Waals surface area contributed by atoms with Gasteiger partial charge in [-0.15, -0.1) is 0 Å². The Kier molecular flexibility index (Phi) is 7.31. The maximum Gasteiger partial charge on any atom is 0.252 e. The molecule has 0 aliphatic rings. The van der Waals surface area contributed by atoms with Crippen LogP contribution in [-0.2, 0) is 4.79 Å². The van der Waals surface area contributed by atoms with Crippen molar-refractivity contribution in [2.75, 3.05) is 14.2 Å². The monoisotopic (exact) mass is 402 g/mol. The van der Waals surface area contributed by atoms with Crippen LogP contribution in [0.3, 0.4) is 0 Å². The zero-order valence-corrected chi connectivity index (χ0v) is 18.1. The normalized spacial score (nSPS) is 13.0. The molecule has 2 rings (SSSR count). The quantitative estimate of drug-likeness (QED) is 0.705. The van der Waals surface area contributed by atoms with Crippen LogP contribution in [0.15, 0.2) is 28.7 Å². The Bertz CT molecular complexity index is 850. The van der Waals surface area contributed by atoms with E-state index in [-0.39, 0.29) is 23.8 Å². The molecule has 2 atom stereocenters. The van der Waals surface area contributed by atoms with Crippen molar-refractivity contribution in [3.05, 3.63) is 46.9 Å². The van der Waals surface area contributed by atoms with E-state index in [9.17, 15) is 9.59 Å². The first-order valence-electron chi connectivity index (χ1n) is 9.57. The molecule has 0 aliphatic carbocycles. The molecule has 0 radical (unpaired) electrons. The smallest absolute Gasteiger partial charge is 0.252 e. The van der Waals surface area contributed by atoms with Crippen molar-refractivity contribution in [2.45, 2.75) is 46.7 Å². The third kappa shape index (κ3) is 5.53. The van der Waals surface area contributed by atoms with E-state index in [0.717, 1.165) is 17.1 Å². The van der Waals surface area contributed by atoms with Crippen LogP contribution < -0.4 is 20.1 Å². The number of nitrogens with one attached hydrogen (secondary N) is 2. The number of ether oxygens (including phenoxy) is 2. The van der Waals surface area contributed by atoms with Gasteiger partial charge in [0.2, 0.25) is 5.91 Å². The van der Waals surface area contributed by atoms with Crippen molar-refractivity contribution in [3.63, 3.8) is 0 Å². The number of hydrogen-bond donors (Lipinski definition) is 2. The van der Waals surface area contributed by atoms with Crippen LogP contribution in [0, 0.1) is 19.8 Å². The molecule has 7 nitrogen and oxygen atoms in total. The highest BCUT2D eigenvalue weighted by Crippen LogP contribution is 2.23. The maximum atomic E-state index is 12.9. The fraction of sp³-hybridized carbons (Fsp3) is 0.455. The second-order valence-corrected chi connectivity index (χ2v) is 7.40. The average molecular weight is 402 g/mol. The van der Waals surface area contributed by atoms with Gasteiger partial charge < -0.3 is 24.5 Å². The Hall–Kier alpha value is -2.96. The number of hydrogen-bond acceptors (Lipinski definition) is 5. The number of amides is 2. The van der Waals surface area contributed by atoms with Crippen molar-refractivity contribution in [1.29, 1.82) is 0 Å². The molecule has 7 heteroatoms. The highest BCUT2D eigenvalue weighted by molar-refractivity contribution is 5.98. The molecule has 1 aromatic heterocycles. The zero-order chi connectivity index (χ0) is 21.7. The molecular formula is C22H30N2O5. The molecule has 0 bridgehead atoms. The second kappa shape index (κ2) is 9.49. The van der Waals surface area contributed by atoms with E-state index in [1.807, 2.05) is 40.7 Å². The molecule has 2 amide bonds. The van der Waals surface area contributed by atoms with Gasteiger partial charge >= 0.3 is 0 Å². The minimum Gasteiger partial charge on any atom is -0.497 e.